The third-order valence-corrected chi connectivity index (χ3v) is 3.46. The number of aromatic amines is 1. The quantitative estimate of drug-likeness (QED) is 0.610. The Labute approximate surface area is 108 Å². The number of carbonyl (C=O) groups is 1. The fraction of sp³-hybridized carbons (Fsp3) is 0.100. The van der Waals surface area contributed by atoms with Crippen molar-refractivity contribution in [2.24, 2.45) is 0 Å². The van der Waals surface area contributed by atoms with Gasteiger partial charge in [-0.2, -0.15) is 0 Å². The summed E-state index contributed by atoms with van der Waals surface area (Å²) in [4.78, 5) is 14.6. The van der Waals surface area contributed by atoms with Gasteiger partial charge in [-0.15, -0.1) is 0 Å². The average molecular weight is 380 g/mol. The Morgan fingerprint density at radius 1 is 1.53 bits per heavy atom. The summed E-state index contributed by atoms with van der Waals surface area (Å²) in [5.74, 6) is -0.334. The van der Waals surface area contributed by atoms with Crippen molar-refractivity contribution in [2.75, 3.05) is 7.11 Å². The molecule has 0 amide bonds. The van der Waals surface area contributed by atoms with Crippen LogP contribution in [0.15, 0.2) is 22.8 Å². The lowest BCUT2D eigenvalue weighted by atomic mass is 10.1. The molecule has 0 aliphatic rings. The second-order valence-corrected chi connectivity index (χ2v) is 5.08. The number of benzene rings is 1. The number of H-pyrrole nitrogens is 1. The number of aromatic nitrogens is 1. The predicted octanol–water partition coefficient (Wildman–Crippen LogP) is 3.32. The first kappa shape index (κ1) is 10.9. The van der Waals surface area contributed by atoms with Crippen molar-refractivity contribution >= 4 is 55.4 Å². The van der Waals surface area contributed by atoms with Crippen LogP contribution in [0.4, 0.5) is 0 Å². The number of hydrogen-bond donors (Lipinski definition) is 1. The molecule has 1 aromatic carbocycles. The SMILES string of the molecule is COC(=O)c1cc(Br)cc2c(I)c[nH]c12. The van der Waals surface area contributed by atoms with E-state index in [9.17, 15) is 4.79 Å². The molecule has 78 valence electrons. The molecular formula is C10H7BrINO2. The number of fused-ring (bicyclic) bond motifs is 1. The monoisotopic (exact) mass is 379 g/mol. The van der Waals surface area contributed by atoms with Crippen LogP contribution in [0, 0.1) is 3.57 Å². The fourth-order valence-corrected chi connectivity index (χ4v) is 2.47. The molecule has 0 atom stereocenters. The van der Waals surface area contributed by atoms with Gasteiger partial charge in [0.25, 0.3) is 0 Å². The number of ether oxygens (including phenoxy) is 1. The lowest BCUT2D eigenvalue weighted by molar-refractivity contribution is 0.0602. The zero-order valence-electron chi connectivity index (χ0n) is 7.80. The number of methoxy groups -OCH3 is 1. The summed E-state index contributed by atoms with van der Waals surface area (Å²) in [7, 11) is 1.38. The summed E-state index contributed by atoms with van der Waals surface area (Å²) in [6.07, 6.45) is 1.87. The Kier molecular flexibility index (Phi) is 3.01. The summed E-state index contributed by atoms with van der Waals surface area (Å²) >= 11 is 5.59. The minimum Gasteiger partial charge on any atom is -0.465 e. The van der Waals surface area contributed by atoms with Gasteiger partial charge in [0.15, 0.2) is 0 Å². The number of esters is 1. The van der Waals surface area contributed by atoms with E-state index in [1.807, 2.05) is 12.3 Å². The molecule has 0 bridgehead atoms. The average Bonchev–Trinajstić information content (AvgIpc) is 2.58. The zero-order valence-corrected chi connectivity index (χ0v) is 11.5. The molecule has 0 aliphatic carbocycles. The first-order valence-electron chi connectivity index (χ1n) is 4.18. The molecular weight excluding hydrogens is 373 g/mol. The fourth-order valence-electron chi connectivity index (χ4n) is 1.43. The minimum atomic E-state index is -0.334. The van der Waals surface area contributed by atoms with E-state index in [4.69, 9.17) is 4.74 Å². The highest BCUT2D eigenvalue weighted by Crippen LogP contribution is 2.27. The molecule has 0 spiro atoms. The standard InChI is InChI=1S/C10H7BrINO2/c1-15-10(14)7-3-5(11)2-6-8(12)4-13-9(6)7/h2-4,13H,1H3. The highest BCUT2D eigenvalue weighted by Gasteiger charge is 2.14. The van der Waals surface area contributed by atoms with E-state index in [2.05, 4.69) is 43.5 Å². The Hall–Kier alpha value is -0.560. The Bertz CT molecular complexity index is 535. The second kappa shape index (κ2) is 4.13. The van der Waals surface area contributed by atoms with Gasteiger partial charge >= 0.3 is 5.97 Å². The molecule has 1 aromatic heterocycles. The van der Waals surface area contributed by atoms with Crippen LogP contribution in [-0.4, -0.2) is 18.1 Å². The van der Waals surface area contributed by atoms with Crippen molar-refractivity contribution in [1.82, 2.24) is 4.98 Å². The Morgan fingerprint density at radius 2 is 2.27 bits per heavy atom. The third-order valence-electron chi connectivity index (χ3n) is 2.11. The first-order chi connectivity index (χ1) is 7.13. The van der Waals surface area contributed by atoms with E-state index in [1.54, 1.807) is 6.07 Å². The molecule has 3 nitrogen and oxygen atoms in total. The van der Waals surface area contributed by atoms with Gasteiger partial charge < -0.3 is 9.72 Å². The van der Waals surface area contributed by atoms with E-state index in [0.29, 0.717) is 5.56 Å². The number of halogens is 2. The lowest BCUT2D eigenvalue weighted by Crippen LogP contribution is -2.02. The second-order valence-electron chi connectivity index (χ2n) is 3.00. The van der Waals surface area contributed by atoms with Crippen molar-refractivity contribution in [1.29, 1.82) is 0 Å². The van der Waals surface area contributed by atoms with Crippen LogP contribution in [0.5, 0.6) is 0 Å². The van der Waals surface area contributed by atoms with Crippen LogP contribution in [0.25, 0.3) is 10.9 Å². The van der Waals surface area contributed by atoms with E-state index in [1.165, 1.54) is 7.11 Å². The van der Waals surface area contributed by atoms with Gasteiger partial charge in [-0.1, -0.05) is 15.9 Å². The van der Waals surface area contributed by atoms with Crippen LogP contribution in [0.1, 0.15) is 10.4 Å². The number of carbonyl (C=O) groups excluding carboxylic acids is 1. The number of nitrogens with one attached hydrogen (secondary N) is 1. The van der Waals surface area contributed by atoms with Gasteiger partial charge in [-0.25, -0.2) is 4.79 Å². The van der Waals surface area contributed by atoms with E-state index in [-0.39, 0.29) is 5.97 Å². The number of rotatable bonds is 1. The van der Waals surface area contributed by atoms with Crippen molar-refractivity contribution in [3.05, 3.63) is 31.9 Å². The molecule has 1 heterocycles. The molecule has 2 aromatic rings. The summed E-state index contributed by atoms with van der Waals surface area (Å²) in [6, 6.07) is 3.72. The lowest BCUT2D eigenvalue weighted by Gasteiger charge is -2.02. The molecule has 0 radical (unpaired) electrons. The maximum Gasteiger partial charge on any atom is 0.340 e. The van der Waals surface area contributed by atoms with Crippen molar-refractivity contribution in [2.45, 2.75) is 0 Å². The summed E-state index contributed by atoms with van der Waals surface area (Å²) < 4.78 is 6.67. The molecule has 1 N–H and O–H groups in total. The topological polar surface area (TPSA) is 42.1 Å². The molecule has 15 heavy (non-hydrogen) atoms. The van der Waals surface area contributed by atoms with E-state index in [0.717, 1.165) is 18.9 Å². The van der Waals surface area contributed by atoms with Crippen molar-refractivity contribution in [3.63, 3.8) is 0 Å². The summed E-state index contributed by atoms with van der Waals surface area (Å²) in [5.41, 5.74) is 1.36. The van der Waals surface area contributed by atoms with Gasteiger partial charge in [0.1, 0.15) is 0 Å². The molecule has 0 saturated heterocycles. The van der Waals surface area contributed by atoms with E-state index >= 15 is 0 Å². The normalized spacial score (nSPS) is 10.6. The molecule has 0 saturated carbocycles. The van der Waals surface area contributed by atoms with Crippen LogP contribution < -0.4 is 0 Å². The van der Waals surface area contributed by atoms with Gasteiger partial charge in [-0.05, 0) is 34.7 Å². The molecule has 0 fully saturated rings. The summed E-state index contributed by atoms with van der Waals surface area (Å²) in [6.45, 7) is 0. The van der Waals surface area contributed by atoms with Gasteiger partial charge in [0, 0.05) is 19.6 Å². The predicted molar refractivity (Wildman–Crippen MR) is 70.1 cm³/mol. The van der Waals surface area contributed by atoms with Gasteiger partial charge in [0.05, 0.1) is 18.2 Å². The minimum absolute atomic E-state index is 0.334. The Morgan fingerprint density at radius 3 is 2.93 bits per heavy atom. The highest BCUT2D eigenvalue weighted by molar-refractivity contribution is 14.1. The highest BCUT2D eigenvalue weighted by atomic mass is 127. The smallest absolute Gasteiger partial charge is 0.340 e. The maximum atomic E-state index is 11.5. The van der Waals surface area contributed by atoms with Gasteiger partial charge in [-0.3, -0.25) is 0 Å². The molecule has 0 aliphatic heterocycles. The maximum absolute atomic E-state index is 11.5. The summed E-state index contributed by atoms with van der Waals surface area (Å²) in [5, 5.41) is 1.02. The van der Waals surface area contributed by atoms with E-state index < -0.39 is 0 Å². The third kappa shape index (κ3) is 1.90. The number of hydrogen-bond acceptors (Lipinski definition) is 2. The molecule has 5 heteroatoms. The molecule has 0 unspecified atom stereocenters. The van der Waals surface area contributed by atoms with Gasteiger partial charge in [0.2, 0.25) is 0 Å². The van der Waals surface area contributed by atoms with Crippen LogP contribution in [-0.2, 0) is 4.74 Å². The molecule has 2 rings (SSSR count). The van der Waals surface area contributed by atoms with Crippen LogP contribution in [0.3, 0.4) is 0 Å². The first-order valence-corrected chi connectivity index (χ1v) is 6.05. The van der Waals surface area contributed by atoms with Crippen molar-refractivity contribution in [3.8, 4) is 0 Å². The van der Waals surface area contributed by atoms with Crippen LogP contribution >= 0.6 is 38.5 Å². The Balaban J connectivity index is 2.78. The van der Waals surface area contributed by atoms with Crippen LogP contribution in [0.2, 0.25) is 0 Å². The zero-order chi connectivity index (χ0) is 11.0. The largest absolute Gasteiger partial charge is 0.465 e. The van der Waals surface area contributed by atoms with Crippen molar-refractivity contribution < 1.29 is 9.53 Å².